The zero-order valence-electron chi connectivity index (χ0n) is 10.4. The molecule has 0 aliphatic rings. The molecule has 0 unspecified atom stereocenters. The lowest BCUT2D eigenvalue weighted by atomic mass is 9.92. The molecule has 8 heteroatoms. The molecule has 3 N–H and O–H groups in total. The number of anilines is 1. The van der Waals surface area contributed by atoms with E-state index in [0.717, 1.165) is 12.1 Å². The maximum absolute atomic E-state index is 13.4. The number of hydrogen-bond donors (Lipinski definition) is 2. The predicted molar refractivity (Wildman–Crippen MR) is 72.2 cm³/mol. The fourth-order valence-electron chi connectivity index (χ4n) is 1.23. The summed E-state index contributed by atoms with van der Waals surface area (Å²) in [6.07, 6.45) is 0. The summed E-state index contributed by atoms with van der Waals surface area (Å²) in [4.78, 5) is 21.4. The number of primary amides is 1. The molecule has 1 aromatic rings. The number of benzene rings is 1. The third-order valence-corrected chi connectivity index (χ3v) is 3.23. The Kier molecular flexibility index (Phi) is 4.46. The summed E-state index contributed by atoms with van der Waals surface area (Å²) >= 11 is 2.88. The minimum absolute atomic E-state index is 0.0000231. The van der Waals surface area contributed by atoms with Crippen LogP contribution in [0, 0.1) is 21.3 Å². The number of nitrogens with two attached hydrogens (primary N) is 1. The smallest absolute Gasteiger partial charge is 0.293 e. The van der Waals surface area contributed by atoms with Gasteiger partial charge in [0.15, 0.2) is 0 Å². The molecule has 0 bridgehead atoms. The lowest BCUT2D eigenvalue weighted by molar-refractivity contribution is -0.384. The lowest BCUT2D eigenvalue weighted by Crippen LogP contribution is -2.37. The van der Waals surface area contributed by atoms with E-state index in [2.05, 4.69) is 21.2 Å². The first-order valence-corrected chi connectivity index (χ1v) is 6.11. The molecule has 6 nitrogen and oxygen atoms in total. The summed E-state index contributed by atoms with van der Waals surface area (Å²) in [5.74, 6) is -1.19. The van der Waals surface area contributed by atoms with Gasteiger partial charge in [-0.1, -0.05) is 0 Å². The van der Waals surface area contributed by atoms with Gasteiger partial charge in [0.25, 0.3) is 5.69 Å². The van der Waals surface area contributed by atoms with Gasteiger partial charge in [-0.15, -0.1) is 0 Å². The minimum Gasteiger partial charge on any atom is -0.378 e. The Morgan fingerprint density at radius 2 is 2.16 bits per heavy atom. The van der Waals surface area contributed by atoms with E-state index >= 15 is 0 Å². The molecule has 0 aliphatic carbocycles. The van der Waals surface area contributed by atoms with Crippen LogP contribution < -0.4 is 11.1 Å². The number of nitro groups is 1. The van der Waals surface area contributed by atoms with Crippen LogP contribution in [-0.4, -0.2) is 17.4 Å². The Morgan fingerprint density at radius 3 is 2.63 bits per heavy atom. The zero-order valence-corrected chi connectivity index (χ0v) is 12.0. The van der Waals surface area contributed by atoms with Crippen molar-refractivity contribution in [3.8, 4) is 0 Å². The number of carbonyl (C=O) groups excluding carboxylic acids is 1. The average molecular weight is 334 g/mol. The van der Waals surface area contributed by atoms with Crippen LogP contribution in [0.2, 0.25) is 0 Å². The van der Waals surface area contributed by atoms with E-state index in [-0.39, 0.29) is 22.4 Å². The predicted octanol–water partition coefficient (Wildman–Crippen LogP) is 2.42. The van der Waals surface area contributed by atoms with Gasteiger partial charge in [-0.2, -0.15) is 0 Å². The van der Waals surface area contributed by atoms with Gasteiger partial charge in [0, 0.05) is 18.7 Å². The topological polar surface area (TPSA) is 98.3 Å². The second-order valence-electron chi connectivity index (χ2n) is 4.64. The number of amides is 1. The van der Waals surface area contributed by atoms with Crippen molar-refractivity contribution in [2.45, 2.75) is 13.8 Å². The standard InChI is InChI=1S/C11H13BrFN3O3/c1-11(2,10(14)17)5-15-8-4-7(13)6(12)3-9(8)16(18)19/h3-4,15H,5H2,1-2H3,(H2,14,17). The summed E-state index contributed by atoms with van der Waals surface area (Å²) in [7, 11) is 0. The summed E-state index contributed by atoms with van der Waals surface area (Å²) in [5.41, 5.74) is 4.00. The lowest BCUT2D eigenvalue weighted by Gasteiger charge is -2.21. The molecule has 104 valence electrons. The molecule has 0 saturated heterocycles. The van der Waals surface area contributed by atoms with Crippen LogP contribution in [0.4, 0.5) is 15.8 Å². The number of nitrogens with zero attached hydrogens (tertiary/aromatic N) is 1. The molecule has 0 aliphatic heterocycles. The molecule has 1 aromatic carbocycles. The van der Waals surface area contributed by atoms with Gasteiger partial charge in [0.2, 0.25) is 5.91 Å². The SMILES string of the molecule is CC(C)(CNc1cc(F)c(Br)cc1[N+](=O)[O-])C(N)=O. The van der Waals surface area contributed by atoms with Crippen molar-refractivity contribution in [1.82, 2.24) is 0 Å². The maximum atomic E-state index is 13.4. The first kappa shape index (κ1) is 15.4. The molecule has 0 fully saturated rings. The monoisotopic (exact) mass is 333 g/mol. The first-order valence-electron chi connectivity index (χ1n) is 5.32. The van der Waals surface area contributed by atoms with Crippen molar-refractivity contribution in [3.63, 3.8) is 0 Å². The second kappa shape index (κ2) is 5.52. The van der Waals surface area contributed by atoms with Crippen molar-refractivity contribution in [2.75, 3.05) is 11.9 Å². The van der Waals surface area contributed by atoms with Crippen molar-refractivity contribution >= 4 is 33.2 Å². The normalized spacial score (nSPS) is 11.2. The van der Waals surface area contributed by atoms with E-state index in [1.54, 1.807) is 13.8 Å². The van der Waals surface area contributed by atoms with Gasteiger partial charge < -0.3 is 11.1 Å². The Balaban J connectivity index is 3.04. The third kappa shape index (κ3) is 3.63. The summed E-state index contributed by atoms with van der Waals surface area (Å²) in [6, 6.07) is 2.06. The fraction of sp³-hybridized carbons (Fsp3) is 0.364. The molecule has 0 radical (unpaired) electrons. The van der Waals surface area contributed by atoms with Crippen LogP contribution in [0.1, 0.15) is 13.8 Å². The Bertz CT molecular complexity index is 534. The van der Waals surface area contributed by atoms with E-state index in [4.69, 9.17) is 5.73 Å². The van der Waals surface area contributed by atoms with Gasteiger partial charge in [-0.3, -0.25) is 14.9 Å². The summed E-state index contributed by atoms with van der Waals surface area (Å²) in [5, 5.41) is 13.6. The highest BCUT2D eigenvalue weighted by atomic mass is 79.9. The number of nitro benzene ring substituents is 1. The van der Waals surface area contributed by atoms with Crippen LogP contribution in [0.3, 0.4) is 0 Å². The molecule has 0 atom stereocenters. The number of nitrogens with one attached hydrogen (secondary N) is 1. The van der Waals surface area contributed by atoms with E-state index in [1.807, 2.05) is 0 Å². The number of halogens is 2. The highest BCUT2D eigenvalue weighted by Gasteiger charge is 2.26. The Labute approximate surface area is 117 Å². The molecular formula is C11H13BrFN3O3. The second-order valence-corrected chi connectivity index (χ2v) is 5.50. The van der Waals surface area contributed by atoms with E-state index in [1.165, 1.54) is 0 Å². The first-order chi connectivity index (χ1) is 8.65. The quantitative estimate of drug-likeness (QED) is 0.638. The van der Waals surface area contributed by atoms with Crippen LogP contribution in [0.5, 0.6) is 0 Å². The van der Waals surface area contributed by atoms with Crippen molar-refractivity contribution in [2.24, 2.45) is 11.1 Å². The van der Waals surface area contributed by atoms with E-state index < -0.39 is 22.1 Å². The molecule has 0 spiro atoms. The molecule has 19 heavy (non-hydrogen) atoms. The van der Waals surface area contributed by atoms with Crippen LogP contribution in [-0.2, 0) is 4.79 Å². The zero-order chi connectivity index (χ0) is 14.8. The summed E-state index contributed by atoms with van der Waals surface area (Å²) in [6.45, 7) is 3.23. The van der Waals surface area contributed by atoms with Gasteiger partial charge in [0.05, 0.1) is 14.8 Å². The van der Waals surface area contributed by atoms with Gasteiger partial charge in [-0.25, -0.2) is 4.39 Å². The molecule has 0 saturated carbocycles. The molecule has 1 amide bonds. The molecular weight excluding hydrogens is 321 g/mol. The van der Waals surface area contributed by atoms with Crippen LogP contribution in [0.25, 0.3) is 0 Å². The Morgan fingerprint density at radius 1 is 1.58 bits per heavy atom. The number of rotatable bonds is 5. The molecule has 0 heterocycles. The van der Waals surface area contributed by atoms with Gasteiger partial charge in [-0.05, 0) is 29.8 Å². The number of carbonyl (C=O) groups is 1. The highest BCUT2D eigenvalue weighted by Crippen LogP contribution is 2.31. The largest absolute Gasteiger partial charge is 0.378 e. The van der Waals surface area contributed by atoms with Crippen molar-refractivity contribution in [1.29, 1.82) is 0 Å². The van der Waals surface area contributed by atoms with E-state index in [0.29, 0.717) is 0 Å². The van der Waals surface area contributed by atoms with Gasteiger partial charge >= 0.3 is 0 Å². The molecule has 0 aromatic heterocycles. The minimum atomic E-state index is -0.905. The summed E-state index contributed by atoms with van der Waals surface area (Å²) < 4.78 is 13.4. The van der Waals surface area contributed by atoms with Crippen molar-refractivity contribution in [3.05, 3.63) is 32.5 Å². The fourth-order valence-corrected chi connectivity index (χ4v) is 1.56. The Hall–Kier alpha value is -1.70. The van der Waals surface area contributed by atoms with E-state index in [9.17, 15) is 19.3 Å². The van der Waals surface area contributed by atoms with Crippen LogP contribution >= 0.6 is 15.9 Å². The average Bonchev–Trinajstić information content (AvgIpc) is 2.29. The molecule has 1 rings (SSSR count). The van der Waals surface area contributed by atoms with Gasteiger partial charge in [0.1, 0.15) is 11.5 Å². The maximum Gasteiger partial charge on any atom is 0.293 e. The third-order valence-electron chi connectivity index (χ3n) is 2.62. The highest BCUT2D eigenvalue weighted by molar-refractivity contribution is 9.10. The van der Waals surface area contributed by atoms with Crippen LogP contribution in [0.15, 0.2) is 16.6 Å². The van der Waals surface area contributed by atoms with Crippen molar-refractivity contribution < 1.29 is 14.1 Å². The number of hydrogen-bond acceptors (Lipinski definition) is 4.